The molecule has 0 atom stereocenters. The first-order valence-corrected chi connectivity index (χ1v) is 4.74. The van der Waals surface area contributed by atoms with Gasteiger partial charge in [-0.3, -0.25) is 4.40 Å². The second-order valence-corrected chi connectivity index (χ2v) is 3.53. The number of carbonyl (C=O) groups is 1. The van der Waals surface area contributed by atoms with Crippen LogP contribution in [-0.2, 0) is 4.74 Å². The third kappa shape index (κ3) is 1.57. The normalized spacial score (nSPS) is 10.6. The van der Waals surface area contributed by atoms with Crippen molar-refractivity contribution in [1.29, 1.82) is 0 Å². The van der Waals surface area contributed by atoms with Crippen molar-refractivity contribution in [2.24, 2.45) is 0 Å². The number of halogens is 1. The summed E-state index contributed by atoms with van der Waals surface area (Å²) >= 11 is 5.98. The SMILES string of the molecule is COC(=O)c1nc2cc(C)ccn2c1Cl. The number of imidazole rings is 1. The largest absolute Gasteiger partial charge is 0.464 e. The van der Waals surface area contributed by atoms with Gasteiger partial charge in [0.1, 0.15) is 10.8 Å². The fraction of sp³-hybridized carbons (Fsp3) is 0.200. The van der Waals surface area contributed by atoms with E-state index in [-0.39, 0.29) is 10.8 Å². The molecule has 0 saturated carbocycles. The molecule has 0 aliphatic rings. The minimum absolute atomic E-state index is 0.143. The minimum Gasteiger partial charge on any atom is -0.464 e. The summed E-state index contributed by atoms with van der Waals surface area (Å²) in [5.74, 6) is -0.527. The van der Waals surface area contributed by atoms with E-state index >= 15 is 0 Å². The standard InChI is InChI=1S/C10H9ClN2O2/c1-6-3-4-13-7(5-6)12-8(9(13)11)10(14)15-2/h3-5H,1-2H3. The number of methoxy groups -OCH3 is 1. The van der Waals surface area contributed by atoms with Crippen LogP contribution < -0.4 is 0 Å². The molecule has 0 aliphatic carbocycles. The van der Waals surface area contributed by atoms with Crippen LogP contribution in [-0.4, -0.2) is 22.5 Å². The Morgan fingerprint density at radius 1 is 1.60 bits per heavy atom. The average molecular weight is 225 g/mol. The zero-order chi connectivity index (χ0) is 11.0. The monoisotopic (exact) mass is 224 g/mol. The molecule has 0 aliphatic heterocycles. The summed E-state index contributed by atoms with van der Waals surface area (Å²) in [5, 5.41) is 0.275. The first kappa shape index (κ1) is 9.98. The summed E-state index contributed by atoms with van der Waals surface area (Å²) in [6, 6.07) is 3.74. The summed E-state index contributed by atoms with van der Waals surface area (Å²) in [7, 11) is 1.30. The second kappa shape index (κ2) is 3.55. The van der Waals surface area contributed by atoms with Gasteiger partial charge in [-0.2, -0.15) is 0 Å². The van der Waals surface area contributed by atoms with Gasteiger partial charge in [0, 0.05) is 6.20 Å². The van der Waals surface area contributed by atoms with Crippen LogP contribution in [0.1, 0.15) is 16.1 Å². The van der Waals surface area contributed by atoms with E-state index in [1.54, 1.807) is 10.6 Å². The lowest BCUT2D eigenvalue weighted by molar-refractivity contribution is 0.0595. The predicted molar refractivity (Wildman–Crippen MR) is 56.3 cm³/mol. The molecule has 0 N–H and O–H groups in total. The van der Waals surface area contributed by atoms with Gasteiger partial charge in [-0.1, -0.05) is 11.6 Å². The van der Waals surface area contributed by atoms with Crippen LogP contribution in [0.25, 0.3) is 5.65 Å². The Balaban J connectivity index is 2.69. The number of ether oxygens (including phenoxy) is 1. The third-order valence-electron chi connectivity index (χ3n) is 2.10. The molecule has 0 unspecified atom stereocenters. The summed E-state index contributed by atoms with van der Waals surface area (Å²) < 4.78 is 6.22. The number of nitrogens with zero attached hydrogens (tertiary/aromatic N) is 2. The van der Waals surface area contributed by atoms with E-state index in [0.29, 0.717) is 5.65 Å². The first-order chi connectivity index (χ1) is 7.13. The Morgan fingerprint density at radius 2 is 2.33 bits per heavy atom. The molecule has 0 saturated heterocycles. The number of fused-ring (bicyclic) bond motifs is 1. The third-order valence-corrected chi connectivity index (χ3v) is 2.46. The average Bonchev–Trinajstić information content (AvgIpc) is 2.54. The Morgan fingerprint density at radius 3 is 3.00 bits per heavy atom. The number of pyridine rings is 1. The number of aryl methyl sites for hydroxylation is 1. The molecule has 0 bridgehead atoms. The topological polar surface area (TPSA) is 43.6 Å². The van der Waals surface area contributed by atoms with Gasteiger partial charge in [0.2, 0.25) is 0 Å². The molecule has 2 aromatic heterocycles. The van der Waals surface area contributed by atoms with Crippen molar-refractivity contribution in [1.82, 2.24) is 9.38 Å². The van der Waals surface area contributed by atoms with Gasteiger partial charge in [0.05, 0.1) is 7.11 Å². The van der Waals surface area contributed by atoms with Gasteiger partial charge >= 0.3 is 5.97 Å². The molecule has 0 fully saturated rings. The summed E-state index contributed by atoms with van der Waals surface area (Å²) in [5.41, 5.74) is 1.84. The fourth-order valence-electron chi connectivity index (χ4n) is 1.34. The number of carbonyl (C=O) groups excluding carboxylic acids is 1. The number of hydrogen-bond acceptors (Lipinski definition) is 3. The minimum atomic E-state index is -0.527. The highest BCUT2D eigenvalue weighted by Gasteiger charge is 2.17. The quantitative estimate of drug-likeness (QED) is 0.697. The van der Waals surface area contributed by atoms with Crippen molar-refractivity contribution < 1.29 is 9.53 Å². The number of rotatable bonds is 1. The molecule has 15 heavy (non-hydrogen) atoms. The van der Waals surface area contributed by atoms with Crippen LogP contribution in [0, 0.1) is 6.92 Å². The lowest BCUT2D eigenvalue weighted by Crippen LogP contribution is -2.02. The van der Waals surface area contributed by atoms with Crippen LogP contribution >= 0.6 is 11.6 Å². The molecule has 0 spiro atoms. The highest BCUT2D eigenvalue weighted by Crippen LogP contribution is 2.19. The smallest absolute Gasteiger partial charge is 0.359 e. The van der Waals surface area contributed by atoms with E-state index in [0.717, 1.165) is 5.56 Å². The van der Waals surface area contributed by atoms with E-state index in [1.165, 1.54) is 7.11 Å². The van der Waals surface area contributed by atoms with Crippen molar-refractivity contribution in [2.75, 3.05) is 7.11 Å². The molecular formula is C10H9ClN2O2. The zero-order valence-corrected chi connectivity index (χ0v) is 9.08. The van der Waals surface area contributed by atoms with Crippen molar-refractivity contribution in [3.05, 3.63) is 34.7 Å². The molecule has 5 heteroatoms. The van der Waals surface area contributed by atoms with Crippen LogP contribution in [0.3, 0.4) is 0 Å². The van der Waals surface area contributed by atoms with Crippen LogP contribution in [0.5, 0.6) is 0 Å². The summed E-state index contributed by atoms with van der Waals surface area (Å²) in [6.07, 6.45) is 1.77. The molecule has 0 radical (unpaired) electrons. The number of esters is 1. The van der Waals surface area contributed by atoms with Gasteiger partial charge in [0.15, 0.2) is 5.69 Å². The van der Waals surface area contributed by atoms with E-state index in [9.17, 15) is 4.79 Å². The van der Waals surface area contributed by atoms with Crippen LogP contribution in [0.4, 0.5) is 0 Å². The first-order valence-electron chi connectivity index (χ1n) is 4.36. The van der Waals surface area contributed by atoms with Gasteiger partial charge in [-0.15, -0.1) is 0 Å². The maximum Gasteiger partial charge on any atom is 0.359 e. The van der Waals surface area contributed by atoms with E-state index in [1.807, 2.05) is 19.1 Å². The Kier molecular flexibility index (Phi) is 2.36. The van der Waals surface area contributed by atoms with E-state index in [2.05, 4.69) is 9.72 Å². The number of aromatic nitrogens is 2. The number of hydrogen-bond donors (Lipinski definition) is 0. The highest BCUT2D eigenvalue weighted by atomic mass is 35.5. The van der Waals surface area contributed by atoms with Crippen molar-refractivity contribution >= 4 is 23.2 Å². The molecule has 4 nitrogen and oxygen atoms in total. The maximum absolute atomic E-state index is 11.3. The van der Waals surface area contributed by atoms with Gasteiger partial charge in [-0.25, -0.2) is 9.78 Å². The lowest BCUT2D eigenvalue weighted by atomic mass is 10.3. The van der Waals surface area contributed by atoms with Crippen LogP contribution in [0.2, 0.25) is 5.15 Å². The molecule has 2 rings (SSSR count). The molecule has 0 amide bonds. The Labute approximate surface area is 91.4 Å². The molecule has 2 heterocycles. The maximum atomic E-state index is 11.3. The Hall–Kier alpha value is -1.55. The Bertz CT molecular complexity index is 533. The molecular weight excluding hydrogens is 216 g/mol. The molecule has 78 valence electrons. The zero-order valence-electron chi connectivity index (χ0n) is 8.32. The molecule has 2 aromatic rings. The van der Waals surface area contributed by atoms with Crippen molar-refractivity contribution in [3.8, 4) is 0 Å². The summed E-state index contributed by atoms with van der Waals surface area (Å²) in [4.78, 5) is 15.4. The van der Waals surface area contributed by atoms with Gasteiger partial charge < -0.3 is 4.74 Å². The predicted octanol–water partition coefficient (Wildman–Crippen LogP) is 2.08. The lowest BCUT2D eigenvalue weighted by Gasteiger charge is -1.95. The van der Waals surface area contributed by atoms with E-state index in [4.69, 9.17) is 11.6 Å². The highest BCUT2D eigenvalue weighted by molar-refractivity contribution is 6.32. The van der Waals surface area contributed by atoms with Gasteiger partial charge in [0.25, 0.3) is 0 Å². The van der Waals surface area contributed by atoms with Gasteiger partial charge in [-0.05, 0) is 24.6 Å². The van der Waals surface area contributed by atoms with Crippen LogP contribution in [0.15, 0.2) is 18.3 Å². The second-order valence-electron chi connectivity index (χ2n) is 3.18. The summed E-state index contributed by atoms with van der Waals surface area (Å²) in [6.45, 7) is 1.94. The molecule has 0 aromatic carbocycles. The van der Waals surface area contributed by atoms with Crippen molar-refractivity contribution in [3.63, 3.8) is 0 Å². The van der Waals surface area contributed by atoms with Crippen molar-refractivity contribution in [2.45, 2.75) is 6.92 Å². The van der Waals surface area contributed by atoms with E-state index < -0.39 is 5.97 Å². The fourth-order valence-corrected chi connectivity index (χ4v) is 1.61.